The summed E-state index contributed by atoms with van der Waals surface area (Å²) in [5, 5.41) is 3.34. The predicted molar refractivity (Wildman–Crippen MR) is 83.9 cm³/mol. The summed E-state index contributed by atoms with van der Waals surface area (Å²) in [6, 6.07) is 11.7. The van der Waals surface area contributed by atoms with Crippen molar-refractivity contribution >= 4 is 17.4 Å². The summed E-state index contributed by atoms with van der Waals surface area (Å²) in [5.74, 6) is -0.411. The molecule has 0 unspecified atom stereocenters. The van der Waals surface area contributed by atoms with Crippen LogP contribution in [0.1, 0.15) is 36.8 Å². The van der Waals surface area contributed by atoms with Gasteiger partial charge in [-0.15, -0.1) is 0 Å². The molecule has 1 heterocycles. The van der Waals surface area contributed by atoms with Crippen molar-refractivity contribution in [3.8, 4) is 0 Å². The Balaban J connectivity index is 1.94. The molecular formula is C16H19F2NOS. The van der Waals surface area contributed by atoms with Crippen LogP contribution in [-0.2, 0) is 12.3 Å². The van der Waals surface area contributed by atoms with Crippen molar-refractivity contribution in [1.29, 1.82) is 0 Å². The summed E-state index contributed by atoms with van der Waals surface area (Å²) in [7, 11) is 0. The van der Waals surface area contributed by atoms with Gasteiger partial charge in [0.1, 0.15) is 11.5 Å². The molecule has 0 fully saturated rings. The Morgan fingerprint density at radius 2 is 1.81 bits per heavy atom. The Kier molecular flexibility index (Phi) is 5.67. The number of hydrogen-bond acceptors (Lipinski definition) is 3. The van der Waals surface area contributed by atoms with E-state index in [9.17, 15) is 8.78 Å². The molecule has 2 rings (SSSR count). The molecule has 5 heteroatoms. The molecule has 21 heavy (non-hydrogen) atoms. The zero-order chi connectivity index (χ0) is 15.2. The van der Waals surface area contributed by atoms with E-state index in [-0.39, 0.29) is 5.75 Å². The quantitative estimate of drug-likeness (QED) is 0.734. The molecule has 0 aliphatic rings. The van der Waals surface area contributed by atoms with E-state index >= 15 is 0 Å². The van der Waals surface area contributed by atoms with Gasteiger partial charge in [0, 0.05) is 5.69 Å². The Hall–Kier alpha value is -1.49. The van der Waals surface area contributed by atoms with Crippen LogP contribution >= 0.6 is 11.8 Å². The molecule has 0 bridgehead atoms. The van der Waals surface area contributed by atoms with E-state index in [1.165, 1.54) is 5.56 Å². The molecule has 1 N–H and O–H groups in total. The second kappa shape index (κ2) is 7.50. The van der Waals surface area contributed by atoms with E-state index in [0.717, 1.165) is 11.4 Å². The first-order valence-electron chi connectivity index (χ1n) is 6.86. The fourth-order valence-electron chi connectivity index (χ4n) is 2.08. The molecule has 0 aliphatic heterocycles. The number of benzene rings is 1. The number of halogens is 2. The lowest BCUT2D eigenvalue weighted by atomic mass is 10.0. The van der Waals surface area contributed by atoms with Crippen molar-refractivity contribution < 1.29 is 13.2 Å². The minimum absolute atomic E-state index is 0.195. The highest BCUT2D eigenvalue weighted by molar-refractivity contribution is 7.98. The van der Waals surface area contributed by atoms with Crippen LogP contribution < -0.4 is 5.32 Å². The van der Waals surface area contributed by atoms with Crippen LogP contribution in [0.2, 0.25) is 0 Å². The maximum absolute atomic E-state index is 12.1. The monoisotopic (exact) mass is 311 g/mol. The topological polar surface area (TPSA) is 25.2 Å². The molecule has 0 atom stereocenters. The molecule has 2 nitrogen and oxygen atoms in total. The zero-order valence-electron chi connectivity index (χ0n) is 12.1. The normalized spacial score (nSPS) is 11.3. The molecule has 0 radical (unpaired) electrons. The lowest BCUT2D eigenvalue weighted by molar-refractivity contribution is 0.251. The van der Waals surface area contributed by atoms with Crippen molar-refractivity contribution in [3.05, 3.63) is 53.5 Å². The van der Waals surface area contributed by atoms with Crippen LogP contribution in [0.15, 0.2) is 40.8 Å². The van der Waals surface area contributed by atoms with Gasteiger partial charge in [0.2, 0.25) is 0 Å². The molecule has 0 saturated carbocycles. The first-order chi connectivity index (χ1) is 10.1. The minimum atomic E-state index is -2.37. The molecule has 0 spiro atoms. The van der Waals surface area contributed by atoms with Gasteiger partial charge in [0.25, 0.3) is 5.76 Å². The Morgan fingerprint density at radius 3 is 2.52 bits per heavy atom. The van der Waals surface area contributed by atoms with E-state index < -0.39 is 5.76 Å². The summed E-state index contributed by atoms with van der Waals surface area (Å²) in [5.41, 5.74) is 2.32. The van der Waals surface area contributed by atoms with E-state index in [0.29, 0.717) is 30.0 Å². The third kappa shape index (κ3) is 4.77. The predicted octanol–water partition coefficient (Wildman–Crippen LogP) is 5.47. The van der Waals surface area contributed by atoms with Crippen LogP contribution in [0.3, 0.4) is 0 Å². The van der Waals surface area contributed by atoms with Gasteiger partial charge in [0.05, 0.1) is 12.3 Å². The highest BCUT2D eigenvalue weighted by Crippen LogP contribution is 2.25. The average Bonchev–Trinajstić information content (AvgIpc) is 2.91. The third-order valence-corrected chi connectivity index (χ3v) is 3.81. The van der Waals surface area contributed by atoms with Crippen molar-refractivity contribution in [2.75, 3.05) is 5.32 Å². The Bertz CT molecular complexity index is 569. The fourth-order valence-corrected chi connectivity index (χ4v) is 2.53. The first kappa shape index (κ1) is 15.9. The molecule has 114 valence electrons. The summed E-state index contributed by atoms with van der Waals surface area (Å²) in [6.07, 6.45) is 0. The van der Waals surface area contributed by atoms with Gasteiger partial charge in [-0.05, 0) is 29.7 Å². The van der Waals surface area contributed by atoms with Crippen LogP contribution in [-0.4, -0.2) is 5.76 Å². The Morgan fingerprint density at radius 1 is 1.10 bits per heavy atom. The molecular weight excluding hydrogens is 292 g/mol. The number of furan rings is 1. The second-order valence-electron chi connectivity index (χ2n) is 5.04. The van der Waals surface area contributed by atoms with Crippen molar-refractivity contribution in [3.63, 3.8) is 0 Å². The van der Waals surface area contributed by atoms with E-state index in [1.807, 2.05) is 24.3 Å². The SMILES string of the molecule is CC(C)c1ccccc1NCc1ccc(CSC(F)F)o1. The van der Waals surface area contributed by atoms with Crippen LogP contribution in [0.5, 0.6) is 0 Å². The summed E-state index contributed by atoms with van der Waals surface area (Å²) in [4.78, 5) is 0. The molecule has 0 amide bonds. The van der Waals surface area contributed by atoms with E-state index in [4.69, 9.17) is 4.42 Å². The van der Waals surface area contributed by atoms with Gasteiger partial charge in [-0.2, -0.15) is 8.78 Å². The molecule has 0 saturated heterocycles. The lowest BCUT2D eigenvalue weighted by Gasteiger charge is -2.13. The number of para-hydroxylation sites is 1. The van der Waals surface area contributed by atoms with Gasteiger partial charge < -0.3 is 9.73 Å². The number of nitrogens with one attached hydrogen (secondary N) is 1. The van der Waals surface area contributed by atoms with Crippen molar-refractivity contribution in [2.45, 2.75) is 37.8 Å². The lowest BCUT2D eigenvalue weighted by Crippen LogP contribution is -2.02. The van der Waals surface area contributed by atoms with Gasteiger partial charge in [-0.1, -0.05) is 43.8 Å². The largest absolute Gasteiger partial charge is 0.463 e. The second-order valence-corrected chi connectivity index (χ2v) is 6.01. The number of rotatable bonds is 7. The van der Waals surface area contributed by atoms with Crippen LogP contribution in [0.4, 0.5) is 14.5 Å². The van der Waals surface area contributed by atoms with E-state index in [2.05, 4.69) is 25.2 Å². The van der Waals surface area contributed by atoms with Gasteiger partial charge in [-0.3, -0.25) is 0 Å². The maximum Gasteiger partial charge on any atom is 0.284 e. The maximum atomic E-state index is 12.1. The Labute approximate surface area is 127 Å². The number of alkyl halides is 2. The molecule has 1 aromatic heterocycles. The highest BCUT2D eigenvalue weighted by atomic mass is 32.2. The van der Waals surface area contributed by atoms with Crippen LogP contribution in [0.25, 0.3) is 0 Å². The standard InChI is InChI=1S/C16H19F2NOS/c1-11(2)14-5-3-4-6-15(14)19-9-12-7-8-13(20-12)10-21-16(17)18/h3-8,11,16,19H,9-10H2,1-2H3. The summed E-state index contributed by atoms with van der Waals surface area (Å²) in [6.45, 7) is 4.84. The summed E-state index contributed by atoms with van der Waals surface area (Å²) < 4.78 is 29.8. The van der Waals surface area contributed by atoms with Crippen LogP contribution in [0, 0.1) is 0 Å². The average molecular weight is 311 g/mol. The minimum Gasteiger partial charge on any atom is -0.463 e. The number of hydrogen-bond donors (Lipinski definition) is 1. The molecule has 2 aromatic rings. The van der Waals surface area contributed by atoms with Gasteiger partial charge >= 0.3 is 0 Å². The molecule has 0 aliphatic carbocycles. The van der Waals surface area contributed by atoms with Gasteiger partial charge in [-0.25, -0.2) is 0 Å². The van der Waals surface area contributed by atoms with Crippen molar-refractivity contribution in [2.24, 2.45) is 0 Å². The number of thioether (sulfide) groups is 1. The third-order valence-electron chi connectivity index (χ3n) is 3.10. The van der Waals surface area contributed by atoms with Crippen molar-refractivity contribution in [1.82, 2.24) is 0 Å². The molecule has 1 aromatic carbocycles. The number of anilines is 1. The highest BCUT2D eigenvalue weighted by Gasteiger charge is 2.09. The van der Waals surface area contributed by atoms with E-state index in [1.54, 1.807) is 6.07 Å². The smallest absolute Gasteiger partial charge is 0.284 e. The first-order valence-corrected chi connectivity index (χ1v) is 7.91. The summed E-state index contributed by atoms with van der Waals surface area (Å²) >= 11 is 0.571. The fraction of sp³-hybridized carbons (Fsp3) is 0.375. The van der Waals surface area contributed by atoms with Gasteiger partial charge in [0.15, 0.2) is 0 Å². The zero-order valence-corrected chi connectivity index (χ0v) is 12.9.